The van der Waals surface area contributed by atoms with Crippen molar-refractivity contribution in [3.63, 3.8) is 0 Å². The highest BCUT2D eigenvalue weighted by molar-refractivity contribution is 7.22. The molecule has 3 aromatic heterocycles. The average molecular weight is 673 g/mol. The smallest absolute Gasteiger partial charge is 0.242 e. The standard InChI is InChI=1S/C35H33ClN4O6S/c1-5-39-31(42)20-9-8-19-22(28(20)33(39)44)13-23-32(43)40(34(45)35(23,3)29(19)25-10-7-18(15-41)46-25)27-14-24(37-38(27)4)30-16(2)21-12-17(36)6-11-26(21)47-30/h6-8,10-12,14,20,22-23,28-29,41H,5,9,13,15H2,1-4H3. The van der Waals surface area contributed by atoms with Gasteiger partial charge in [-0.1, -0.05) is 23.3 Å². The molecule has 4 aromatic rings. The summed E-state index contributed by atoms with van der Waals surface area (Å²) in [5.74, 6) is -2.97. The lowest BCUT2D eigenvalue weighted by Gasteiger charge is -2.48. The Balaban J connectivity index is 1.24. The summed E-state index contributed by atoms with van der Waals surface area (Å²) in [6.45, 7) is 5.57. The van der Waals surface area contributed by atoms with Crippen LogP contribution in [0.25, 0.3) is 20.7 Å². The van der Waals surface area contributed by atoms with Gasteiger partial charge in [-0.2, -0.15) is 5.10 Å². The van der Waals surface area contributed by atoms with Gasteiger partial charge in [0.2, 0.25) is 23.6 Å². The van der Waals surface area contributed by atoms with Crippen molar-refractivity contribution in [3.8, 4) is 10.6 Å². The number of benzene rings is 1. The van der Waals surface area contributed by atoms with Crippen LogP contribution in [0.2, 0.25) is 5.02 Å². The zero-order chi connectivity index (χ0) is 33.1. The Morgan fingerprint density at radius 2 is 1.87 bits per heavy atom. The number of nitrogens with zero attached hydrogens (tertiary/aromatic N) is 4. The van der Waals surface area contributed by atoms with Gasteiger partial charge >= 0.3 is 0 Å². The molecule has 1 saturated carbocycles. The molecule has 10 nitrogen and oxygen atoms in total. The number of hydrogen-bond acceptors (Lipinski definition) is 8. The van der Waals surface area contributed by atoms with Crippen molar-refractivity contribution in [3.05, 3.63) is 70.2 Å². The molecule has 1 aromatic carbocycles. The summed E-state index contributed by atoms with van der Waals surface area (Å²) in [4.78, 5) is 59.8. The van der Waals surface area contributed by atoms with E-state index >= 15 is 0 Å². The van der Waals surface area contributed by atoms with Gasteiger partial charge in [-0.25, -0.2) is 4.90 Å². The number of fused-ring (bicyclic) bond motifs is 5. The highest BCUT2D eigenvalue weighted by Gasteiger charge is 2.68. The van der Waals surface area contributed by atoms with Crippen molar-refractivity contribution in [2.45, 2.75) is 46.1 Å². The van der Waals surface area contributed by atoms with Gasteiger partial charge in [0.05, 0.1) is 34.0 Å². The van der Waals surface area contributed by atoms with Crippen molar-refractivity contribution in [1.82, 2.24) is 14.7 Å². The summed E-state index contributed by atoms with van der Waals surface area (Å²) in [6.07, 6.45) is 2.62. The number of likely N-dealkylation sites (tertiary alicyclic amines) is 1. The first-order valence-corrected chi connectivity index (χ1v) is 17.0. The van der Waals surface area contributed by atoms with E-state index in [1.165, 1.54) is 9.80 Å². The first-order valence-electron chi connectivity index (χ1n) is 15.9. The maximum atomic E-state index is 14.8. The first-order chi connectivity index (χ1) is 22.5. The molecule has 0 radical (unpaired) electrons. The maximum Gasteiger partial charge on any atom is 0.242 e. The molecule has 0 bridgehead atoms. The molecule has 3 fully saturated rings. The zero-order valence-electron chi connectivity index (χ0n) is 26.3. The second kappa shape index (κ2) is 10.5. The summed E-state index contributed by atoms with van der Waals surface area (Å²) in [7, 11) is 1.72. The molecule has 242 valence electrons. The van der Waals surface area contributed by atoms with Gasteiger partial charge < -0.3 is 9.52 Å². The molecular formula is C35H33ClN4O6S. The summed E-state index contributed by atoms with van der Waals surface area (Å²) in [6, 6.07) is 10.9. The van der Waals surface area contributed by atoms with Crippen molar-refractivity contribution < 1.29 is 28.7 Å². The van der Waals surface area contributed by atoms with Crippen LogP contribution >= 0.6 is 22.9 Å². The van der Waals surface area contributed by atoms with Gasteiger partial charge in [0.25, 0.3) is 0 Å². The minimum Gasteiger partial charge on any atom is -0.463 e. The summed E-state index contributed by atoms with van der Waals surface area (Å²) < 4.78 is 8.72. The highest BCUT2D eigenvalue weighted by Crippen LogP contribution is 2.63. The quantitative estimate of drug-likeness (QED) is 0.216. The molecule has 47 heavy (non-hydrogen) atoms. The molecule has 8 rings (SSSR count). The average Bonchev–Trinajstić information content (AvgIpc) is 3.84. The Hall–Kier alpha value is -4.06. The fourth-order valence-electron chi connectivity index (χ4n) is 8.76. The molecule has 6 atom stereocenters. The molecule has 1 N–H and O–H groups in total. The topological polar surface area (TPSA) is 126 Å². The van der Waals surface area contributed by atoms with E-state index in [1.807, 2.05) is 38.1 Å². The number of anilines is 1. The van der Waals surface area contributed by atoms with Gasteiger partial charge in [-0.15, -0.1) is 11.3 Å². The number of thiophene rings is 1. The van der Waals surface area contributed by atoms with Crippen LogP contribution in [0.5, 0.6) is 0 Å². The lowest BCUT2D eigenvalue weighted by molar-refractivity contribution is -0.140. The van der Waals surface area contributed by atoms with E-state index in [0.717, 1.165) is 26.1 Å². The van der Waals surface area contributed by atoms with Crippen LogP contribution < -0.4 is 4.90 Å². The van der Waals surface area contributed by atoms with Gasteiger partial charge in [-0.3, -0.25) is 28.8 Å². The number of furan rings is 1. The van der Waals surface area contributed by atoms with E-state index in [0.29, 0.717) is 34.5 Å². The molecule has 2 aliphatic heterocycles. The zero-order valence-corrected chi connectivity index (χ0v) is 27.9. The SMILES string of the molecule is CCN1C(=O)C2CC=C3C(CC4C(=O)N(c5cc(-c6sc7ccc(Cl)cc7c6C)nn5C)C(=O)C4(C)C3c3ccc(CO)o3)C2C1=O. The van der Waals surface area contributed by atoms with Gasteiger partial charge in [0.15, 0.2) is 0 Å². The number of allylic oxidation sites excluding steroid dienone is 2. The monoisotopic (exact) mass is 672 g/mol. The molecule has 2 saturated heterocycles. The number of carbonyl (C=O) groups excluding carboxylic acids is 4. The van der Waals surface area contributed by atoms with Gasteiger partial charge in [-0.05, 0) is 80.8 Å². The van der Waals surface area contributed by atoms with Crippen LogP contribution in [-0.2, 0) is 32.8 Å². The number of aromatic nitrogens is 2. The maximum absolute atomic E-state index is 14.8. The Morgan fingerprint density at radius 3 is 2.60 bits per heavy atom. The molecule has 2 aliphatic carbocycles. The molecular weight excluding hydrogens is 640 g/mol. The van der Waals surface area contributed by atoms with Crippen LogP contribution in [0.4, 0.5) is 5.82 Å². The first kappa shape index (κ1) is 30.3. The Kier molecular flexibility index (Phi) is 6.75. The largest absolute Gasteiger partial charge is 0.463 e. The Bertz CT molecular complexity index is 2080. The second-order valence-corrected chi connectivity index (χ2v) is 14.7. The fourth-order valence-corrected chi connectivity index (χ4v) is 10.1. The summed E-state index contributed by atoms with van der Waals surface area (Å²) in [5.41, 5.74) is 1.25. The summed E-state index contributed by atoms with van der Waals surface area (Å²) >= 11 is 7.85. The minimum absolute atomic E-state index is 0.181. The number of aliphatic hydroxyl groups excluding tert-OH is 1. The van der Waals surface area contributed by atoms with Gasteiger partial charge in [0.1, 0.15) is 29.6 Å². The van der Waals surface area contributed by atoms with E-state index in [9.17, 15) is 24.3 Å². The number of carbonyl (C=O) groups is 4. The van der Waals surface area contributed by atoms with Crippen molar-refractivity contribution in [2.75, 3.05) is 11.4 Å². The van der Waals surface area contributed by atoms with E-state index in [1.54, 1.807) is 48.2 Å². The molecule has 6 unspecified atom stereocenters. The highest BCUT2D eigenvalue weighted by atomic mass is 35.5. The molecule has 4 aliphatic rings. The van der Waals surface area contributed by atoms with Crippen LogP contribution in [0.1, 0.15) is 49.7 Å². The Morgan fingerprint density at radius 1 is 1.09 bits per heavy atom. The molecule has 4 amide bonds. The number of rotatable bonds is 5. The third-order valence-electron chi connectivity index (χ3n) is 11.0. The fraction of sp³-hybridized carbons (Fsp3) is 0.400. The van der Waals surface area contributed by atoms with Crippen LogP contribution in [0.3, 0.4) is 0 Å². The number of aliphatic hydroxyl groups is 1. The lowest BCUT2D eigenvalue weighted by atomic mass is 9.52. The number of amides is 4. The molecule has 5 heterocycles. The second-order valence-electron chi connectivity index (χ2n) is 13.3. The van der Waals surface area contributed by atoms with E-state index < -0.39 is 35.0 Å². The van der Waals surface area contributed by atoms with Crippen molar-refractivity contribution in [1.29, 1.82) is 0 Å². The molecule has 12 heteroatoms. The van der Waals surface area contributed by atoms with Crippen LogP contribution in [0, 0.1) is 36.0 Å². The van der Waals surface area contributed by atoms with Gasteiger partial charge in [0, 0.05) is 29.4 Å². The minimum atomic E-state index is -1.25. The van der Waals surface area contributed by atoms with Crippen LogP contribution in [0.15, 0.2) is 52.5 Å². The summed E-state index contributed by atoms with van der Waals surface area (Å²) in [5, 5.41) is 16.2. The predicted molar refractivity (Wildman–Crippen MR) is 175 cm³/mol. The number of aryl methyl sites for hydroxylation is 2. The normalized spacial score (nSPS) is 28.7. The Labute approximate surface area is 279 Å². The number of hydrogen-bond donors (Lipinski definition) is 1. The van der Waals surface area contributed by atoms with Crippen molar-refractivity contribution >= 4 is 62.5 Å². The van der Waals surface area contributed by atoms with E-state index in [-0.39, 0.29) is 43.2 Å². The number of halogens is 1. The van der Waals surface area contributed by atoms with Crippen molar-refractivity contribution in [2.24, 2.45) is 36.1 Å². The number of imide groups is 2. The molecule has 0 spiro atoms. The third-order valence-corrected chi connectivity index (χ3v) is 12.6. The third kappa shape index (κ3) is 4.02. The van der Waals surface area contributed by atoms with Crippen LogP contribution in [-0.4, -0.2) is 50.0 Å². The lowest BCUT2D eigenvalue weighted by Crippen LogP contribution is -2.48. The van der Waals surface area contributed by atoms with E-state index in [2.05, 4.69) is 0 Å². The van der Waals surface area contributed by atoms with E-state index in [4.69, 9.17) is 21.1 Å². The predicted octanol–water partition coefficient (Wildman–Crippen LogP) is 5.60.